The second kappa shape index (κ2) is 16.7. The fourth-order valence-electron chi connectivity index (χ4n) is 4.40. The first kappa shape index (κ1) is 34.5. The van der Waals surface area contributed by atoms with Gasteiger partial charge in [0.15, 0.2) is 5.96 Å². The van der Waals surface area contributed by atoms with Gasteiger partial charge in [0, 0.05) is 36.5 Å². The van der Waals surface area contributed by atoms with Crippen molar-refractivity contribution >= 4 is 46.5 Å². The molecule has 0 saturated carbocycles. The molecule has 0 bridgehead atoms. The van der Waals surface area contributed by atoms with Crippen LogP contribution in [-0.2, 0) is 30.4 Å². The molecule has 0 aliphatic carbocycles. The summed E-state index contributed by atoms with van der Waals surface area (Å²) in [5.41, 5.74) is 18.1. The fourth-order valence-corrected chi connectivity index (χ4v) is 4.40. The highest BCUT2D eigenvalue weighted by Crippen LogP contribution is 2.20. The number of aliphatic imine (C=N–C) groups is 1. The molecule has 0 aliphatic heterocycles. The van der Waals surface area contributed by atoms with Crippen LogP contribution in [0.15, 0.2) is 35.5 Å². The molecule has 0 fully saturated rings. The molecule has 43 heavy (non-hydrogen) atoms. The molecule has 0 spiro atoms. The van der Waals surface area contributed by atoms with Crippen LogP contribution in [0.3, 0.4) is 0 Å². The van der Waals surface area contributed by atoms with E-state index in [-0.39, 0.29) is 50.5 Å². The van der Waals surface area contributed by atoms with Crippen molar-refractivity contribution < 1.29 is 34.2 Å². The summed E-state index contributed by atoms with van der Waals surface area (Å²) in [6, 6.07) is 2.59. The average Bonchev–Trinajstić information content (AvgIpc) is 3.37. The van der Waals surface area contributed by atoms with E-state index in [4.69, 9.17) is 22.3 Å². The predicted octanol–water partition coefficient (Wildman–Crippen LogP) is -0.459. The maximum atomic E-state index is 13.6. The average molecular weight is 603 g/mol. The lowest BCUT2D eigenvalue weighted by atomic mass is 9.97. The van der Waals surface area contributed by atoms with Crippen LogP contribution in [-0.4, -0.2) is 81.5 Å². The van der Waals surface area contributed by atoms with Crippen LogP contribution >= 0.6 is 0 Å². The zero-order valence-electron chi connectivity index (χ0n) is 24.3. The molecule has 1 aromatic heterocycles. The van der Waals surface area contributed by atoms with Crippen molar-refractivity contribution in [2.24, 2.45) is 28.1 Å². The number of H-pyrrole nitrogens is 1. The first-order chi connectivity index (χ1) is 20.3. The van der Waals surface area contributed by atoms with Gasteiger partial charge in [-0.2, -0.15) is 0 Å². The molecule has 2 aromatic rings. The highest BCUT2D eigenvalue weighted by Gasteiger charge is 2.32. The first-order valence-electron chi connectivity index (χ1n) is 14.1. The summed E-state index contributed by atoms with van der Waals surface area (Å²) in [6.07, 6.45) is 2.05. The summed E-state index contributed by atoms with van der Waals surface area (Å²) in [5, 5.41) is 27.2. The minimum absolute atomic E-state index is 0.0151. The Kier molecular flexibility index (Phi) is 13.4. The third-order valence-electron chi connectivity index (χ3n) is 7.09. The van der Waals surface area contributed by atoms with Crippen molar-refractivity contribution in [1.29, 1.82) is 0 Å². The topological polar surface area (TPSA) is 268 Å². The molecule has 0 aliphatic rings. The summed E-state index contributed by atoms with van der Waals surface area (Å²) < 4.78 is 0. The summed E-state index contributed by atoms with van der Waals surface area (Å²) in [5.74, 6) is -5.05. The van der Waals surface area contributed by atoms with Gasteiger partial charge in [0.25, 0.3) is 0 Å². The third-order valence-corrected chi connectivity index (χ3v) is 7.09. The maximum absolute atomic E-state index is 13.6. The maximum Gasteiger partial charge on any atom is 0.326 e. The third kappa shape index (κ3) is 10.9. The summed E-state index contributed by atoms with van der Waals surface area (Å²) in [7, 11) is 0. The number of hydrogen-bond donors (Lipinski definition) is 9. The number of nitrogens with two attached hydrogens (primary N) is 3. The SMILES string of the molecule is CCC(C)C(NC(=O)C(Cc1c[nH]c2ccccc12)NC(=O)C(CCCN=C(N)N)NC(=O)C(N)CCC(=O)O)C(=O)O. The zero-order chi connectivity index (χ0) is 32.1. The van der Waals surface area contributed by atoms with Gasteiger partial charge in [-0.1, -0.05) is 38.5 Å². The molecule has 12 N–H and O–H groups in total. The molecule has 236 valence electrons. The number of aromatic amines is 1. The standard InChI is InChI=1S/C28H42N8O7/c1-3-15(2)23(27(42)43)36-26(41)21(13-16-14-33-19-8-5-4-7-17(16)19)35-25(40)20(9-6-12-32-28(30)31)34-24(39)18(29)10-11-22(37)38/h4-5,7-8,14-15,18,20-21,23,33H,3,6,9-13,29H2,1-2H3,(H,34,39)(H,35,40)(H,36,41)(H,37,38)(H,42,43)(H4,30,31,32). The Morgan fingerprint density at radius 2 is 1.60 bits per heavy atom. The van der Waals surface area contributed by atoms with E-state index in [0.717, 1.165) is 10.9 Å². The molecular formula is C28H42N8O7. The number of aromatic nitrogens is 1. The van der Waals surface area contributed by atoms with Crippen LogP contribution in [0, 0.1) is 5.92 Å². The number of benzene rings is 1. The number of rotatable bonds is 18. The minimum Gasteiger partial charge on any atom is -0.481 e. The number of para-hydroxylation sites is 1. The highest BCUT2D eigenvalue weighted by molar-refractivity contribution is 5.95. The molecule has 0 saturated heterocycles. The number of carbonyl (C=O) groups excluding carboxylic acids is 3. The molecule has 2 rings (SSSR count). The number of aliphatic carboxylic acids is 2. The van der Waals surface area contributed by atoms with Gasteiger partial charge in [0.05, 0.1) is 6.04 Å². The van der Waals surface area contributed by atoms with E-state index in [0.29, 0.717) is 12.0 Å². The molecule has 0 radical (unpaired) electrons. The van der Waals surface area contributed by atoms with Crippen LogP contribution in [0.4, 0.5) is 0 Å². The van der Waals surface area contributed by atoms with Gasteiger partial charge in [-0.3, -0.25) is 24.2 Å². The van der Waals surface area contributed by atoms with E-state index in [1.165, 1.54) is 0 Å². The van der Waals surface area contributed by atoms with Gasteiger partial charge in [0.1, 0.15) is 18.1 Å². The second-order valence-electron chi connectivity index (χ2n) is 10.4. The van der Waals surface area contributed by atoms with Crippen LogP contribution < -0.4 is 33.2 Å². The van der Waals surface area contributed by atoms with Crippen molar-refractivity contribution in [3.63, 3.8) is 0 Å². The lowest BCUT2D eigenvalue weighted by Crippen LogP contribution is -2.58. The smallest absolute Gasteiger partial charge is 0.326 e. The largest absolute Gasteiger partial charge is 0.481 e. The summed E-state index contributed by atoms with van der Waals surface area (Å²) in [6.45, 7) is 3.65. The normalized spacial score (nSPS) is 14.5. The van der Waals surface area contributed by atoms with Crippen molar-refractivity contribution in [3.8, 4) is 0 Å². The summed E-state index contributed by atoms with van der Waals surface area (Å²) in [4.78, 5) is 69.6. The summed E-state index contributed by atoms with van der Waals surface area (Å²) >= 11 is 0. The zero-order valence-corrected chi connectivity index (χ0v) is 24.3. The van der Waals surface area contributed by atoms with Crippen LogP contribution in [0.2, 0.25) is 0 Å². The van der Waals surface area contributed by atoms with Crippen molar-refractivity contribution in [1.82, 2.24) is 20.9 Å². The number of nitrogens with one attached hydrogen (secondary N) is 4. The fraction of sp³-hybridized carbons (Fsp3) is 0.500. The van der Waals surface area contributed by atoms with Gasteiger partial charge in [-0.15, -0.1) is 0 Å². The molecule has 1 heterocycles. The van der Waals surface area contributed by atoms with Gasteiger partial charge in [-0.05, 0) is 36.8 Å². The molecule has 15 nitrogen and oxygen atoms in total. The van der Waals surface area contributed by atoms with Gasteiger partial charge in [-0.25, -0.2) is 4.79 Å². The predicted molar refractivity (Wildman–Crippen MR) is 160 cm³/mol. The molecule has 15 heteroatoms. The number of guanidine groups is 1. The van der Waals surface area contributed by atoms with Crippen LogP contribution in [0.1, 0.15) is 51.5 Å². The van der Waals surface area contributed by atoms with E-state index >= 15 is 0 Å². The van der Waals surface area contributed by atoms with Gasteiger partial charge < -0.3 is 48.3 Å². The Morgan fingerprint density at radius 3 is 2.23 bits per heavy atom. The first-order valence-corrected chi connectivity index (χ1v) is 14.1. The second-order valence-corrected chi connectivity index (χ2v) is 10.4. The Hall–Kier alpha value is -4.66. The Bertz CT molecular complexity index is 1310. The number of hydrogen-bond acceptors (Lipinski definition) is 7. The quantitative estimate of drug-likeness (QED) is 0.0602. The Labute approximate surface area is 249 Å². The van der Waals surface area contributed by atoms with Gasteiger partial charge >= 0.3 is 11.9 Å². The van der Waals surface area contributed by atoms with E-state index in [1.54, 1.807) is 20.0 Å². The number of fused-ring (bicyclic) bond motifs is 1. The Balaban J connectivity index is 2.34. The van der Waals surface area contributed by atoms with Gasteiger partial charge in [0.2, 0.25) is 17.7 Å². The highest BCUT2D eigenvalue weighted by atomic mass is 16.4. The monoisotopic (exact) mass is 602 g/mol. The number of carboxylic acids is 2. The lowest BCUT2D eigenvalue weighted by Gasteiger charge is -2.26. The van der Waals surface area contributed by atoms with Crippen LogP contribution in [0.25, 0.3) is 10.9 Å². The molecule has 3 amide bonds. The number of carboxylic acid groups (broad SMARTS) is 2. The lowest BCUT2D eigenvalue weighted by molar-refractivity contribution is -0.144. The van der Waals surface area contributed by atoms with Crippen LogP contribution in [0.5, 0.6) is 0 Å². The Morgan fingerprint density at radius 1 is 0.953 bits per heavy atom. The molecular weight excluding hydrogens is 560 g/mol. The van der Waals surface area contributed by atoms with E-state index in [9.17, 15) is 29.1 Å². The molecule has 5 atom stereocenters. The van der Waals surface area contributed by atoms with Crippen molar-refractivity contribution in [2.45, 2.75) is 76.5 Å². The number of nitrogens with zero attached hydrogens (tertiary/aromatic N) is 1. The van der Waals surface area contributed by atoms with E-state index < -0.39 is 53.8 Å². The minimum atomic E-state index is -1.21. The molecule has 5 unspecified atom stereocenters. The van der Waals surface area contributed by atoms with E-state index in [1.807, 2.05) is 24.3 Å². The number of amides is 3. The number of carbonyl (C=O) groups is 5. The van der Waals surface area contributed by atoms with Crippen molar-refractivity contribution in [3.05, 3.63) is 36.0 Å². The van der Waals surface area contributed by atoms with E-state index in [2.05, 4.69) is 25.9 Å². The van der Waals surface area contributed by atoms with Crippen molar-refractivity contribution in [2.75, 3.05) is 6.54 Å². The molecule has 1 aromatic carbocycles.